The van der Waals surface area contributed by atoms with E-state index in [1.54, 1.807) is 19.2 Å². The lowest BCUT2D eigenvalue weighted by Crippen LogP contribution is -2.14. The van der Waals surface area contributed by atoms with Crippen LogP contribution in [0.15, 0.2) is 30.6 Å². The number of rotatable bonds is 6. The third-order valence-corrected chi connectivity index (χ3v) is 3.50. The van der Waals surface area contributed by atoms with Crippen molar-refractivity contribution < 1.29 is 14.5 Å². The lowest BCUT2D eigenvalue weighted by Gasteiger charge is -2.08. The Morgan fingerprint density at radius 2 is 2.12 bits per heavy atom. The van der Waals surface area contributed by atoms with Gasteiger partial charge in [-0.2, -0.15) is 0 Å². The van der Waals surface area contributed by atoms with Gasteiger partial charge in [0.05, 0.1) is 11.0 Å². The number of hydrogen-bond donors (Lipinski definition) is 2. The van der Waals surface area contributed by atoms with Crippen LogP contribution >= 0.6 is 0 Å². The minimum atomic E-state index is -0.500. The van der Waals surface area contributed by atoms with Crippen molar-refractivity contribution in [1.82, 2.24) is 9.97 Å². The first-order valence-electron chi connectivity index (χ1n) is 7.34. The maximum Gasteiger partial charge on any atom is 0.296 e. The van der Waals surface area contributed by atoms with Gasteiger partial charge in [-0.25, -0.2) is 9.97 Å². The fourth-order valence-electron chi connectivity index (χ4n) is 2.10. The van der Waals surface area contributed by atoms with Crippen molar-refractivity contribution in [1.29, 1.82) is 0 Å². The highest BCUT2D eigenvalue weighted by Gasteiger charge is 2.29. The number of anilines is 2. The van der Waals surface area contributed by atoms with Gasteiger partial charge in [0, 0.05) is 19.0 Å². The van der Waals surface area contributed by atoms with Gasteiger partial charge in [-0.1, -0.05) is 0 Å². The summed E-state index contributed by atoms with van der Waals surface area (Å²) < 4.78 is 5.53. The lowest BCUT2D eigenvalue weighted by atomic mass is 10.2. The van der Waals surface area contributed by atoms with Crippen LogP contribution < -0.4 is 15.4 Å². The van der Waals surface area contributed by atoms with Crippen LogP contribution in [0.3, 0.4) is 0 Å². The fraction of sp³-hybridized carbons (Fsp3) is 0.267. The summed E-state index contributed by atoms with van der Waals surface area (Å²) in [5.41, 5.74) is 0.277. The van der Waals surface area contributed by atoms with Crippen LogP contribution in [0.2, 0.25) is 0 Å². The van der Waals surface area contributed by atoms with E-state index in [-0.39, 0.29) is 29.1 Å². The minimum Gasteiger partial charge on any atom is -0.439 e. The Morgan fingerprint density at radius 1 is 1.33 bits per heavy atom. The zero-order valence-corrected chi connectivity index (χ0v) is 12.9. The predicted molar refractivity (Wildman–Crippen MR) is 86.1 cm³/mol. The molecule has 2 N–H and O–H groups in total. The summed E-state index contributed by atoms with van der Waals surface area (Å²) in [7, 11) is 1.60. The van der Waals surface area contributed by atoms with Crippen molar-refractivity contribution in [3.8, 4) is 11.6 Å². The maximum atomic E-state index is 11.7. The zero-order chi connectivity index (χ0) is 17.1. The molecule has 1 fully saturated rings. The molecule has 1 heterocycles. The molecule has 1 aromatic heterocycles. The second-order valence-corrected chi connectivity index (χ2v) is 5.29. The molecule has 1 aliphatic rings. The van der Waals surface area contributed by atoms with Crippen LogP contribution in [0.4, 0.5) is 17.2 Å². The number of ether oxygens (including phenoxy) is 1. The molecule has 24 heavy (non-hydrogen) atoms. The Labute approximate surface area is 137 Å². The van der Waals surface area contributed by atoms with E-state index < -0.39 is 4.92 Å². The standard InChI is InChI=1S/C15H15N5O4/c1-16-11-5-4-10(6-12(11)20(22)23)24-14-7-13(17-8-18-14)19-15(21)9-2-3-9/h4-9,16H,2-3H2,1H3,(H,17,18,19,21). The number of nitro benzene ring substituents is 1. The van der Waals surface area contributed by atoms with Gasteiger partial charge in [-0.15, -0.1) is 0 Å². The van der Waals surface area contributed by atoms with Gasteiger partial charge in [-0.05, 0) is 25.0 Å². The lowest BCUT2D eigenvalue weighted by molar-refractivity contribution is -0.384. The van der Waals surface area contributed by atoms with Crippen molar-refractivity contribution in [2.24, 2.45) is 5.92 Å². The number of nitrogens with zero attached hydrogens (tertiary/aromatic N) is 3. The monoisotopic (exact) mass is 329 g/mol. The Hall–Kier alpha value is -3.23. The van der Waals surface area contributed by atoms with Crippen LogP contribution in [0.25, 0.3) is 0 Å². The van der Waals surface area contributed by atoms with Gasteiger partial charge < -0.3 is 15.4 Å². The Bertz CT molecular complexity index is 791. The van der Waals surface area contributed by atoms with E-state index in [4.69, 9.17) is 4.74 Å². The highest BCUT2D eigenvalue weighted by molar-refractivity contribution is 5.93. The zero-order valence-electron chi connectivity index (χ0n) is 12.9. The molecular formula is C15H15N5O4. The fourth-order valence-corrected chi connectivity index (χ4v) is 2.10. The molecular weight excluding hydrogens is 314 g/mol. The number of benzene rings is 1. The summed E-state index contributed by atoms with van der Waals surface area (Å²) in [4.78, 5) is 30.2. The molecule has 9 nitrogen and oxygen atoms in total. The molecule has 0 aliphatic heterocycles. The summed E-state index contributed by atoms with van der Waals surface area (Å²) in [6.07, 6.45) is 3.04. The highest BCUT2D eigenvalue weighted by atomic mass is 16.6. The molecule has 2 aromatic rings. The number of carbonyl (C=O) groups excluding carboxylic acids is 1. The SMILES string of the molecule is CNc1ccc(Oc2cc(NC(=O)C3CC3)ncn2)cc1[N+](=O)[O-]. The third-order valence-electron chi connectivity index (χ3n) is 3.50. The third kappa shape index (κ3) is 3.57. The van der Waals surface area contributed by atoms with Crippen LogP contribution in [0, 0.1) is 16.0 Å². The number of nitro groups is 1. The van der Waals surface area contributed by atoms with Crippen molar-refractivity contribution in [3.63, 3.8) is 0 Å². The number of amides is 1. The number of carbonyl (C=O) groups is 1. The second-order valence-electron chi connectivity index (χ2n) is 5.29. The Morgan fingerprint density at radius 3 is 2.79 bits per heavy atom. The Balaban J connectivity index is 1.77. The van der Waals surface area contributed by atoms with Crippen LogP contribution in [0.5, 0.6) is 11.6 Å². The van der Waals surface area contributed by atoms with E-state index in [0.717, 1.165) is 12.8 Å². The highest BCUT2D eigenvalue weighted by Crippen LogP contribution is 2.32. The number of hydrogen-bond acceptors (Lipinski definition) is 7. The van der Waals surface area contributed by atoms with E-state index in [1.807, 2.05) is 0 Å². The van der Waals surface area contributed by atoms with Gasteiger partial charge in [0.1, 0.15) is 23.6 Å². The maximum absolute atomic E-state index is 11.7. The molecule has 0 saturated heterocycles. The first-order chi connectivity index (χ1) is 11.6. The quantitative estimate of drug-likeness (QED) is 0.617. The normalized spacial score (nSPS) is 13.2. The molecule has 0 atom stereocenters. The second kappa shape index (κ2) is 6.49. The first kappa shape index (κ1) is 15.7. The molecule has 3 rings (SSSR count). The number of aromatic nitrogens is 2. The summed E-state index contributed by atoms with van der Waals surface area (Å²) in [6.45, 7) is 0. The van der Waals surface area contributed by atoms with E-state index in [9.17, 15) is 14.9 Å². The molecule has 0 spiro atoms. The first-order valence-corrected chi connectivity index (χ1v) is 7.34. The molecule has 0 radical (unpaired) electrons. The molecule has 1 saturated carbocycles. The van der Waals surface area contributed by atoms with Crippen molar-refractivity contribution >= 4 is 23.1 Å². The van der Waals surface area contributed by atoms with Crippen LogP contribution in [-0.4, -0.2) is 27.8 Å². The average molecular weight is 329 g/mol. The molecule has 1 amide bonds. The largest absolute Gasteiger partial charge is 0.439 e. The summed E-state index contributed by atoms with van der Waals surface area (Å²) >= 11 is 0. The molecule has 124 valence electrons. The minimum absolute atomic E-state index is 0.0565. The van der Waals surface area contributed by atoms with E-state index in [1.165, 1.54) is 18.5 Å². The average Bonchev–Trinajstić information content (AvgIpc) is 3.40. The van der Waals surface area contributed by atoms with Crippen molar-refractivity contribution in [3.05, 3.63) is 40.7 Å². The van der Waals surface area contributed by atoms with Gasteiger partial charge in [0.2, 0.25) is 11.8 Å². The van der Waals surface area contributed by atoms with E-state index in [2.05, 4.69) is 20.6 Å². The van der Waals surface area contributed by atoms with Crippen LogP contribution in [-0.2, 0) is 4.79 Å². The predicted octanol–water partition coefficient (Wildman–Crippen LogP) is 2.57. The topological polar surface area (TPSA) is 119 Å². The van der Waals surface area contributed by atoms with E-state index >= 15 is 0 Å². The van der Waals surface area contributed by atoms with Gasteiger partial charge in [0.15, 0.2) is 0 Å². The molecule has 1 aliphatic carbocycles. The summed E-state index contributed by atoms with van der Waals surface area (Å²) in [5, 5.41) is 16.5. The van der Waals surface area contributed by atoms with Gasteiger partial charge in [-0.3, -0.25) is 14.9 Å². The molecule has 1 aromatic carbocycles. The van der Waals surface area contributed by atoms with Crippen molar-refractivity contribution in [2.75, 3.05) is 17.7 Å². The van der Waals surface area contributed by atoms with Gasteiger partial charge >= 0.3 is 0 Å². The molecule has 0 unspecified atom stereocenters. The van der Waals surface area contributed by atoms with Gasteiger partial charge in [0.25, 0.3) is 5.69 Å². The molecule has 9 heteroatoms. The summed E-state index contributed by atoms with van der Waals surface area (Å²) in [5.74, 6) is 0.759. The number of nitrogens with one attached hydrogen (secondary N) is 2. The van der Waals surface area contributed by atoms with E-state index in [0.29, 0.717) is 11.5 Å². The van der Waals surface area contributed by atoms with Crippen molar-refractivity contribution in [2.45, 2.75) is 12.8 Å². The summed E-state index contributed by atoms with van der Waals surface area (Å²) in [6, 6.07) is 5.91. The molecule has 0 bridgehead atoms. The van der Waals surface area contributed by atoms with Crippen LogP contribution in [0.1, 0.15) is 12.8 Å². The Kier molecular flexibility index (Phi) is 4.23. The smallest absolute Gasteiger partial charge is 0.296 e.